The minimum atomic E-state index is -2.02. The first kappa shape index (κ1) is 117. The van der Waals surface area contributed by atoms with Crippen molar-refractivity contribution < 1.29 is 127 Å². The number of carbonyl (C=O) groups excluding carboxylic acids is 18. The maximum Gasteiger partial charge on any atom is 0.326 e. The number of carboxylic acids is 2. The van der Waals surface area contributed by atoms with Crippen LogP contribution in [0.4, 0.5) is 0 Å². The van der Waals surface area contributed by atoms with Crippen LogP contribution in [0.25, 0.3) is 0 Å². The zero-order valence-corrected chi connectivity index (χ0v) is 78.5. The fraction of sp³-hybridized carbons (Fsp3) is 0.651. The molecule has 0 aliphatic carbocycles. The van der Waals surface area contributed by atoms with E-state index in [1.165, 1.54) is 36.0 Å². The SMILES string of the molecule is CSCC[C@H](NC(=O)[C@H](CO)NC(=O)[C@@H]1CCCN1C(=O)[C@H](CO)NC(=O)[C@H](CCCNC(=N)N)NC(=O)[C@H](Cc1ccc(O)cc1)NC(=O)[C@H](CC(C)C)NC(=O)CNC(=O)[C@@H](N)CO)C(=O)N1CCC[C@H]1C(=O)N[C@@H](CCC(=O)O)C(=O)N[C@@H](CC(N)=O)C(=O)N[C@@H](CC(C)C)C(=O)N[C@@H](CC(N)=O)C(=O)N[C@@H](CCCNC(=N)N)C(=O)N1CCC[C@H]1C(=O)N[C@@H](CCCNC(=N)N)C(=O)O. The molecule has 3 saturated heterocycles. The topological polar surface area (TPSA) is 893 Å². The van der Waals surface area contributed by atoms with E-state index >= 15 is 0 Å². The van der Waals surface area contributed by atoms with E-state index in [4.69, 9.17) is 50.6 Å². The largest absolute Gasteiger partial charge is 0.508 e. The molecule has 1 aromatic rings. The van der Waals surface area contributed by atoms with E-state index in [-0.39, 0.29) is 165 Å². The number of aliphatic carboxylic acids is 2. The van der Waals surface area contributed by atoms with E-state index in [2.05, 4.69) is 85.1 Å². The van der Waals surface area contributed by atoms with Crippen LogP contribution in [0, 0.1) is 28.1 Å². The lowest BCUT2D eigenvalue weighted by Gasteiger charge is -2.31. The number of guanidine groups is 3. The van der Waals surface area contributed by atoms with Crippen LogP contribution >= 0.6 is 11.8 Å². The minimum Gasteiger partial charge on any atom is -0.508 e. The lowest BCUT2D eigenvalue weighted by molar-refractivity contribution is -0.145. The lowest BCUT2D eigenvalue weighted by atomic mass is 10.0. The molecule has 54 nitrogen and oxygen atoms in total. The number of nitrogens with two attached hydrogens (primary N) is 6. The van der Waals surface area contributed by atoms with Gasteiger partial charge >= 0.3 is 11.9 Å². The van der Waals surface area contributed by atoms with Gasteiger partial charge in [0.2, 0.25) is 106 Å². The van der Waals surface area contributed by atoms with Gasteiger partial charge in [0.15, 0.2) is 17.9 Å². The summed E-state index contributed by atoms with van der Waals surface area (Å²) in [4.78, 5) is 280. The van der Waals surface area contributed by atoms with Crippen LogP contribution in [0.2, 0.25) is 0 Å². The molecule has 0 saturated carbocycles. The summed E-state index contributed by atoms with van der Waals surface area (Å²) in [5, 5.41) is 122. The molecule has 55 heteroatoms. The van der Waals surface area contributed by atoms with Gasteiger partial charge in [-0.05, 0) is 144 Å². The van der Waals surface area contributed by atoms with Crippen molar-refractivity contribution in [2.75, 3.05) is 77.6 Å². The van der Waals surface area contributed by atoms with Crippen molar-refractivity contribution >= 4 is 148 Å². The summed E-state index contributed by atoms with van der Waals surface area (Å²) in [7, 11) is 0. The molecule has 0 aromatic heterocycles. The Kier molecular flexibility index (Phi) is 50.3. The molecule has 0 unspecified atom stereocenters. The van der Waals surface area contributed by atoms with E-state index in [1.807, 2.05) is 0 Å². The highest BCUT2D eigenvalue weighted by molar-refractivity contribution is 7.98. The highest BCUT2D eigenvalue weighted by Crippen LogP contribution is 2.25. The Hall–Kier alpha value is -13.6. The van der Waals surface area contributed by atoms with E-state index in [0.717, 1.165) is 14.7 Å². The van der Waals surface area contributed by atoms with Gasteiger partial charge in [-0.2, -0.15) is 11.8 Å². The summed E-state index contributed by atoms with van der Waals surface area (Å²) in [6.07, 6.45) is -2.54. The van der Waals surface area contributed by atoms with Gasteiger partial charge in [-0.15, -0.1) is 0 Å². The molecule has 18 amide bonds. The Morgan fingerprint density at radius 3 is 1.15 bits per heavy atom. The van der Waals surface area contributed by atoms with Gasteiger partial charge in [-0.25, -0.2) is 4.79 Å². The van der Waals surface area contributed by atoms with Gasteiger partial charge in [0, 0.05) is 52.1 Å². The monoisotopic (exact) mass is 1970 g/mol. The van der Waals surface area contributed by atoms with Gasteiger partial charge in [-0.1, -0.05) is 39.8 Å². The van der Waals surface area contributed by atoms with Crippen molar-refractivity contribution in [1.29, 1.82) is 16.2 Å². The summed E-state index contributed by atoms with van der Waals surface area (Å²) >= 11 is 1.22. The summed E-state index contributed by atoms with van der Waals surface area (Å²) in [5.41, 5.74) is 33.4. The number of rotatable bonds is 61. The Labute approximate surface area is 799 Å². The van der Waals surface area contributed by atoms with Gasteiger partial charge in [0.05, 0.1) is 39.2 Å². The van der Waals surface area contributed by atoms with Crippen LogP contribution in [0.15, 0.2) is 24.3 Å². The van der Waals surface area contributed by atoms with E-state index in [1.54, 1.807) is 34.0 Å². The Morgan fingerprint density at radius 1 is 0.406 bits per heavy atom. The summed E-state index contributed by atoms with van der Waals surface area (Å²) < 4.78 is 0. The second-order valence-corrected chi connectivity index (χ2v) is 35.2. The number of aliphatic hydroxyl groups is 3. The number of phenolic OH excluding ortho intramolecular Hbond substituents is 1. The van der Waals surface area contributed by atoms with Crippen molar-refractivity contribution in [3.8, 4) is 5.75 Å². The van der Waals surface area contributed by atoms with E-state index in [9.17, 15) is 127 Å². The van der Waals surface area contributed by atoms with Gasteiger partial charge in [0.25, 0.3) is 0 Å². The first-order chi connectivity index (χ1) is 65.1. The van der Waals surface area contributed by atoms with Crippen LogP contribution < -0.4 is 119 Å². The molecule has 0 spiro atoms. The summed E-state index contributed by atoms with van der Waals surface area (Å²) in [6.45, 7) is 2.72. The molecule has 3 fully saturated rings. The molecule has 0 bridgehead atoms. The third-order valence-corrected chi connectivity index (χ3v) is 22.8. The molecular formula is C83H136N28O26S. The fourth-order valence-electron chi connectivity index (χ4n) is 15.2. The third kappa shape index (κ3) is 40.4. The second kappa shape index (κ2) is 59.4. The zero-order valence-electron chi connectivity index (χ0n) is 77.7. The van der Waals surface area contributed by atoms with Crippen LogP contribution in [0.3, 0.4) is 0 Å². The number of amides is 18. The maximum atomic E-state index is 14.8. The first-order valence-corrected chi connectivity index (χ1v) is 46.5. The number of thioether (sulfide) groups is 1. The fourth-order valence-corrected chi connectivity index (χ4v) is 15.7. The van der Waals surface area contributed by atoms with Gasteiger partial charge < -0.3 is 165 Å². The van der Waals surface area contributed by atoms with Crippen molar-refractivity contribution in [3.05, 3.63) is 29.8 Å². The molecule has 16 atom stereocenters. The number of phenols is 1. The number of nitrogens with zero attached hydrogens (tertiary/aromatic N) is 3. The molecule has 3 heterocycles. The number of carboxylic acid groups (broad SMARTS) is 2. The number of benzene rings is 1. The Balaban J connectivity index is 1.54. The van der Waals surface area contributed by atoms with Gasteiger partial charge in [-0.3, -0.25) is 107 Å². The zero-order chi connectivity index (χ0) is 103. The van der Waals surface area contributed by atoms with Crippen molar-refractivity contribution in [3.63, 3.8) is 0 Å². The molecule has 4 rings (SSSR count). The summed E-state index contributed by atoms with van der Waals surface area (Å²) in [6, 6.07) is -20.2. The van der Waals surface area contributed by atoms with Crippen LogP contribution in [-0.4, -0.2) is 356 Å². The minimum absolute atomic E-state index is 0.000235. The maximum absolute atomic E-state index is 14.8. The highest BCUT2D eigenvalue weighted by atomic mass is 32.2. The third-order valence-electron chi connectivity index (χ3n) is 22.2. The predicted octanol–water partition coefficient (Wildman–Crippen LogP) is -11.5. The van der Waals surface area contributed by atoms with Crippen LogP contribution in [0.1, 0.15) is 155 Å². The predicted molar refractivity (Wildman–Crippen MR) is 493 cm³/mol. The molecule has 770 valence electrons. The molecule has 0 radical (unpaired) electrons. The number of aromatic hydroxyl groups is 1. The van der Waals surface area contributed by atoms with Crippen molar-refractivity contribution in [1.82, 2.24) is 99.8 Å². The quantitative estimate of drug-likeness (QED) is 0.0164. The molecule has 37 N–H and O–H groups in total. The molecular weight excluding hydrogens is 1840 g/mol. The van der Waals surface area contributed by atoms with Crippen molar-refractivity contribution in [2.24, 2.45) is 46.2 Å². The molecule has 138 heavy (non-hydrogen) atoms. The average Bonchev–Trinajstić information content (AvgIpc) is 1.73. The Morgan fingerprint density at radius 2 is 0.746 bits per heavy atom. The summed E-state index contributed by atoms with van der Waals surface area (Å²) in [5.74, 6) is -23.8. The van der Waals surface area contributed by atoms with Gasteiger partial charge in [0.1, 0.15) is 102 Å². The van der Waals surface area contributed by atoms with Crippen molar-refractivity contribution in [2.45, 2.75) is 253 Å². The number of hydrogen-bond donors (Lipinski definition) is 31. The number of primary amides is 2. The van der Waals surface area contributed by atoms with E-state index in [0.29, 0.717) is 5.56 Å². The number of likely N-dealkylation sites (tertiary alicyclic amines) is 3. The number of hydrogen-bond acceptors (Lipinski definition) is 29. The number of nitrogens with one attached hydrogen (secondary N) is 19. The highest BCUT2D eigenvalue weighted by Gasteiger charge is 2.46. The molecule has 1 aromatic carbocycles. The smallest absolute Gasteiger partial charge is 0.326 e. The number of aliphatic hydroxyl groups excluding tert-OH is 3. The lowest BCUT2D eigenvalue weighted by Crippen LogP contribution is -2.61. The number of carbonyl (C=O) groups is 20. The standard InChI is InChI=1S/C83H136N28O26S/c1-41(2)32-51(97-63(118)37-96-65(121)45(84)38-112)68(124)104-53(34-43-18-20-44(115)21-19-43)70(126)98-46(12-6-25-93-81(87)88)66(122)108-57(40-114)79(135)111-30-11-17-60(111)76(132)107-56(39-113)73(129)101-49(24-31-138-5)78(134)110-29-9-15-58(110)74(130)99-47(22-23-64(119)120)67(123)105-55(36-62(86)117)72(128)103-52(33-42(3)4)69(125)106-54(35-61(85)116)71(127)100-48(13-7-26-94-82(89)90)77(133)109-28-10-16-59(109)75(131)102-50(80(136)137)14-8-27-95-83(91)92/h18-21,41-42,45-60,112-115H,6-17,22-40,84H2,1-5H3,(H2,85,116)(H2,86,117)(H,96,121)(H,97,118)(H,98,126)(H,99,130)(H,100,127)(H,101,129)(H,102,131)(H,103,128)(H,104,124)(H,105,123)(H,106,125)(H,107,132)(H,108,122)(H,119,120)(H,136,137)(H4,87,88,93)(H4,89,90,94)(H4,91,92,95)/t45-,46-,47-,48-,49-,50-,51-,52-,53-,54-,55-,56-,57-,58-,59-,60-/m0/s1. The van der Waals surface area contributed by atoms with Crippen LogP contribution in [0.5, 0.6) is 5.75 Å². The molecule has 3 aliphatic rings. The van der Waals surface area contributed by atoms with Crippen LogP contribution in [-0.2, 0) is 102 Å². The Bertz CT molecular complexity index is 4440. The second-order valence-electron chi connectivity index (χ2n) is 34.2. The first-order valence-electron chi connectivity index (χ1n) is 45.1. The van der Waals surface area contributed by atoms with E-state index < -0.39 is 285 Å². The average molecular weight is 1970 g/mol. The molecule has 3 aliphatic heterocycles. The normalized spacial score (nSPS) is 17.2.